The van der Waals surface area contributed by atoms with E-state index in [1.54, 1.807) is 23.2 Å². The summed E-state index contributed by atoms with van der Waals surface area (Å²) >= 11 is 3.44. The van der Waals surface area contributed by atoms with Crippen LogP contribution >= 0.6 is 15.9 Å². The SMILES string of the molecule is CCC(c1nc2c3cnn(-c4ccccc4)c3ncn2n1)n1cc(Br)cn1. The average Bonchev–Trinajstić information content (AvgIpc) is 3.40. The lowest BCUT2D eigenvalue weighted by Crippen LogP contribution is -2.12. The molecule has 4 heterocycles. The number of halogens is 1. The van der Waals surface area contributed by atoms with E-state index in [4.69, 9.17) is 4.98 Å². The van der Waals surface area contributed by atoms with Crippen LogP contribution in [0.1, 0.15) is 25.2 Å². The van der Waals surface area contributed by atoms with Crippen LogP contribution < -0.4 is 0 Å². The first-order chi connectivity index (χ1) is 13.2. The number of fused-ring (bicyclic) bond motifs is 3. The summed E-state index contributed by atoms with van der Waals surface area (Å²) in [5.41, 5.74) is 2.45. The van der Waals surface area contributed by atoms with Gasteiger partial charge < -0.3 is 0 Å². The van der Waals surface area contributed by atoms with Crippen molar-refractivity contribution >= 4 is 32.6 Å². The minimum Gasteiger partial charge on any atom is -0.261 e. The standard InChI is InChI=1S/C18H15BrN8/c1-2-15(25-10-12(19)8-21-25)16-23-18-14-9-22-27(13-6-4-3-5-7-13)17(14)20-11-26(18)24-16/h3-11,15H,2H2,1H3. The Bertz CT molecular complexity index is 1240. The van der Waals surface area contributed by atoms with Crippen molar-refractivity contribution in [1.82, 2.24) is 39.1 Å². The van der Waals surface area contributed by atoms with Crippen LogP contribution in [0.3, 0.4) is 0 Å². The van der Waals surface area contributed by atoms with E-state index in [1.165, 1.54) is 0 Å². The molecule has 0 aliphatic carbocycles. The van der Waals surface area contributed by atoms with Gasteiger partial charge >= 0.3 is 0 Å². The van der Waals surface area contributed by atoms with Gasteiger partial charge in [0.15, 0.2) is 17.1 Å². The highest BCUT2D eigenvalue weighted by atomic mass is 79.9. The van der Waals surface area contributed by atoms with E-state index < -0.39 is 0 Å². The van der Waals surface area contributed by atoms with E-state index in [0.717, 1.165) is 33.3 Å². The normalized spacial score (nSPS) is 12.8. The van der Waals surface area contributed by atoms with Crippen molar-refractivity contribution in [1.29, 1.82) is 0 Å². The van der Waals surface area contributed by atoms with E-state index in [1.807, 2.05) is 45.9 Å². The summed E-state index contributed by atoms with van der Waals surface area (Å²) in [4.78, 5) is 9.34. The molecule has 8 nitrogen and oxygen atoms in total. The molecule has 0 radical (unpaired) electrons. The van der Waals surface area contributed by atoms with Gasteiger partial charge in [0.25, 0.3) is 0 Å². The van der Waals surface area contributed by atoms with Crippen LogP contribution in [0.25, 0.3) is 22.4 Å². The summed E-state index contributed by atoms with van der Waals surface area (Å²) in [5, 5.41) is 14.4. The predicted molar refractivity (Wildman–Crippen MR) is 104 cm³/mol. The van der Waals surface area contributed by atoms with Gasteiger partial charge in [-0.2, -0.15) is 10.2 Å². The van der Waals surface area contributed by atoms with Gasteiger partial charge in [-0.15, -0.1) is 5.10 Å². The van der Waals surface area contributed by atoms with Gasteiger partial charge in [-0.25, -0.2) is 19.2 Å². The molecule has 1 atom stereocenters. The predicted octanol–water partition coefficient (Wildman–Crippen LogP) is 3.42. The Labute approximate surface area is 162 Å². The number of para-hydroxylation sites is 1. The van der Waals surface area contributed by atoms with Gasteiger partial charge in [0, 0.05) is 6.20 Å². The molecule has 0 N–H and O–H groups in total. The molecule has 0 saturated heterocycles. The van der Waals surface area contributed by atoms with Crippen LogP contribution in [-0.4, -0.2) is 39.1 Å². The Hall–Kier alpha value is -3.07. The van der Waals surface area contributed by atoms with E-state index in [0.29, 0.717) is 5.82 Å². The highest BCUT2D eigenvalue weighted by molar-refractivity contribution is 9.10. The quantitative estimate of drug-likeness (QED) is 0.443. The van der Waals surface area contributed by atoms with Crippen LogP contribution in [0.15, 0.2) is 59.7 Å². The second-order valence-electron chi connectivity index (χ2n) is 6.17. The Morgan fingerprint density at radius 2 is 1.93 bits per heavy atom. The van der Waals surface area contributed by atoms with Crippen LogP contribution in [0, 0.1) is 0 Å². The van der Waals surface area contributed by atoms with Crippen molar-refractivity contribution in [3.05, 3.63) is 65.5 Å². The molecule has 0 bridgehead atoms. The average molecular weight is 423 g/mol. The molecule has 0 aliphatic rings. The third kappa shape index (κ3) is 2.62. The highest BCUT2D eigenvalue weighted by Gasteiger charge is 2.20. The number of nitrogens with zero attached hydrogens (tertiary/aromatic N) is 8. The first-order valence-electron chi connectivity index (χ1n) is 8.58. The molecule has 0 aliphatic heterocycles. The van der Waals surface area contributed by atoms with E-state index in [-0.39, 0.29) is 6.04 Å². The Morgan fingerprint density at radius 3 is 2.67 bits per heavy atom. The Balaban J connectivity index is 1.65. The molecule has 0 saturated carbocycles. The third-order valence-corrected chi connectivity index (χ3v) is 4.91. The fourth-order valence-corrected chi connectivity index (χ4v) is 3.51. The molecule has 1 aromatic carbocycles. The van der Waals surface area contributed by atoms with Crippen molar-refractivity contribution in [2.45, 2.75) is 19.4 Å². The molecule has 1 unspecified atom stereocenters. The van der Waals surface area contributed by atoms with Crippen LogP contribution in [0.5, 0.6) is 0 Å². The molecule has 9 heteroatoms. The largest absolute Gasteiger partial charge is 0.261 e. The third-order valence-electron chi connectivity index (χ3n) is 4.50. The smallest absolute Gasteiger partial charge is 0.176 e. The molecule has 5 aromatic rings. The zero-order valence-electron chi connectivity index (χ0n) is 14.4. The molecule has 4 aromatic heterocycles. The summed E-state index contributed by atoms with van der Waals surface area (Å²) < 4.78 is 6.32. The van der Waals surface area contributed by atoms with Crippen molar-refractivity contribution in [2.24, 2.45) is 0 Å². The number of benzene rings is 1. The second-order valence-corrected chi connectivity index (χ2v) is 7.09. The Morgan fingerprint density at radius 1 is 1.07 bits per heavy atom. The zero-order chi connectivity index (χ0) is 18.4. The zero-order valence-corrected chi connectivity index (χ0v) is 16.0. The van der Waals surface area contributed by atoms with Crippen LogP contribution in [0.2, 0.25) is 0 Å². The van der Waals surface area contributed by atoms with E-state index in [2.05, 4.69) is 43.1 Å². The minimum absolute atomic E-state index is 0.0459. The molecular formula is C18H15BrN8. The minimum atomic E-state index is -0.0459. The van der Waals surface area contributed by atoms with E-state index >= 15 is 0 Å². The monoisotopic (exact) mass is 422 g/mol. The second kappa shape index (κ2) is 6.27. The Kier molecular flexibility index (Phi) is 3.75. The first-order valence-corrected chi connectivity index (χ1v) is 9.38. The topological polar surface area (TPSA) is 78.7 Å². The molecule has 0 amide bonds. The number of aromatic nitrogens is 8. The molecule has 5 rings (SSSR count). The van der Waals surface area contributed by atoms with Crippen molar-refractivity contribution < 1.29 is 0 Å². The van der Waals surface area contributed by atoms with Crippen LogP contribution in [-0.2, 0) is 0 Å². The van der Waals surface area contributed by atoms with Gasteiger partial charge in [0.1, 0.15) is 12.4 Å². The van der Waals surface area contributed by atoms with Crippen LogP contribution in [0.4, 0.5) is 0 Å². The van der Waals surface area contributed by atoms with Gasteiger partial charge in [-0.3, -0.25) is 4.68 Å². The molecule has 134 valence electrons. The van der Waals surface area contributed by atoms with E-state index in [9.17, 15) is 0 Å². The molecule has 0 fully saturated rings. The fourth-order valence-electron chi connectivity index (χ4n) is 3.21. The van der Waals surface area contributed by atoms with Crippen molar-refractivity contribution in [3.8, 4) is 5.69 Å². The first kappa shape index (κ1) is 16.1. The van der Waals surface area contributed by atoms with Crippen molar-refractivity contribution in [2.75, 3.05) is 0 Å². The highest BCUT2D eigenvalue weighted by Crippen LogP contribution is 2.24. The lowest BCUT2D eigenvalue weighted by atomic mass is 10.2. The lowest BCUT2D eigenvalue weighted by Gasteiger charge is -2.10. The fraction of sp³-hybridized carbons (Fsp3) is 0.167. The van der Waals surface area contributed by atoms with Crippen molar-refractivity contribution in [3.63, 3.8) is 0 Å². The summed E-state index contributed by atoms with van der Waals surface area (Å²) in [7, 11) is 0. The molecule has 27 heavy (non-hydrogen) atoms. The summed E-state index contributed by atoms with van der Waals surface area (Å²) in [6.07, 6.45) is 7.99. The summed E-state index contributed by atoms with van der Waals surface area (Å²) in [6.45, 7) is 2.09. The molecular weight excluding hydrogens is 408 g/mol. The summed E-state index contributed by atoms with van der Waals surface area (Å²) in [5.74, 6) is 0.704. The molecule has 0 spiro atoms. The van der Waals surface area contributed by atoms with Gasteiger partial charge in [0.2, 0.25) is 0 Å². The maximum absolute atomic E-state index is 4.79. The number of rotatable bonds is 4. The summed E-state index contributed by atoms with van der Waals surface area (Å²) in [6, 6.07) is 9.88. The maximum atomic E-state index is 4.79. The lowest BCUT2D eigenvalue weighted by molar-refractivity contribution is 0.484. The number of hydrogen-bond acceptors (Lipinski definition) is 5. The van der Waals surface area contributed by atoms with Gasteiger partial charge in [-0.1, -0.05) is 25.1 Å². The number of hydrogen-bond donors (Lipinski definition) is 0. The van der Waals surface area contributed by atoms with Gasteiger partial charge in [-0.05, 0) is 34.5 Å². The maximum Gasteiger partial charge on any atom is 0.176 e. The van der Waals surface area contributed by atoms with Gasteiger partial charge in [0.05, 0.1) is 27.9 Å².